The lowest BCUT2D eigenvalue weighted by molar-refractivity contribution is 0.570. The van der Waals surface area contributed by atoms with E-state index in [0.29, 0.717) is 0 Å². The Labute approximate surface area is 144 Å². The number of thiophene rings is 1. The Hall–Kier alpha value is -2.02. The highest BCUT2D eigenvalue weighted by Gasteiger charge is 2.23. The fourth-order valence-corrected chi connectivity index (χ4v) is 4.47. The maximum atomic E-state index is 13.4. The number of hydrogen-bond donors (Lipinski definition) is 1. The lowest BCUT2D eigenvalue weighted by Gasteiger charge is -2.18. The van der Waals surface area contributed by atoms with E-state index in [1.54, 1.807) is 0 Å². The molecule has 0 radical (unpaired) electrons. The molecule has 0 saturated carbocycles. The zero-order chi connectivity index (χ0) is 17.2. The Kier molecular flexibility index (Phi) is 4.80. The van der Waals surface area contributed by atoms with Crippen molar-refractivity contribution in [3.8, 4) is 0 Å². The van der Waals surface area contributed by atoms with Gasteiger partial charge in [-0.25, -0.2) is 12.8 Å². The molecule has 0 fully saturated rings. The number of halogens is 1. The molecule has 0 amide bonds. The molecule has 124 valence electrons. The normalized spacial score (nSPS) is 12.9. The van der Waals surface area contributed by atoms with E-state index >= 15 is 0 Å². The predicted molar refractivity (Wildman–Crippen MR) is 94.1 cm³/mol. The molecule has 3 nitrogen and oxygen atoms in total. The second kappa shape index (κ2) is 6.84. The molecule has 0 aliphatic heterocycles. The van der Waals surface area contributed by atoms with Gasteiger partial charge in [0.25, 0.3) is 0 Å². The van der Waals surface area contributed by atoms with Crippen molar-refractivity contribution in [3.63, 3.8) is 0 Å². The lowest BCUT2D eigenvalue weighted by Crippen LogP contribution is -2.29. The zero-order valence-electron chi connectivity index (χ0n) is 12.9. The Morgan fingerprint density at radius 1 is 1.04 bits per heavy atom. The van der Waals surface area contributed by atoms with Crippen LogP contribution < -0.4 is 4.72 Å². The lowest BCUT2D eigenvalue weighted by atomic mass is 10.0. The van der Waals surface area contributed by atoms with Crippen molar-refractivity contribution in [2.24, 2.45) is 0 Å². The van der Waals surface area contributed by atoms with E-state index in [-0.39, 0.29) is 4.90 Å². The molecular weight excluding hydrogens is 345 g/mol. The zero-order valence-corrected chi connectivity index (χ0v) is 14.6. The minimum Gasteiger partial charge on any atom is -0.207 e. The van der Waals surface area contributed by atoms with Gasteiger partial charge >= 0.3 is 0 Å². The summed E-state index contributed by atoms with van der Waals surface area (Å²) in [6.45, 7) is 1.97. The van der Waals surface area contributed by atoms with E-state index in [2.05, 4.69) is 4.72 Å². The van der Waals surface area contributed by atoms with Crippen LogP contribution in [0.2, 0.25) is 0 Å². The molecule has 0 saturated heterocycles. The molecule has 24 heavy (non-hydrogen) atoms. The third-order valence-corrected chi connectivity index (χ3v) is 5.98. The molecule has 1 N–H and O–H groups in total. The van der Waals surface area contributed by atoms with Gasteiger partial charge < -0.3 is 0 Å². The van der Waals surface area contributed by atoms with E-state index in [4.69, 9.17) is 0 Å². The molecule has 1 aromatic heterocycles. The summed E-state index contributed by atoms with van der Waals surface area (Å²) in [5.74, 6) is -0.583. The van der Waals surface area contributed by atoms with Crippen LogP contribution in [0, 0.1) is 12.7 Å². The van der Waals surface area contributed by atoms with Crippen molar-refractivity contribution >= 4 is 21.4 Å². The molecule has 0 aliphatic carbocycles. The fourth-order valence-electron chi connectivity index (χ4n) is 2.36. The first-order valence-corrected chi connectivity index (χ1v) is 9.70. The summed E-state index contributed by atoms with van der Waals surface area (Å²) < 4.78 is 41.4. The third kappa shape index (κ3) is 3.72. The van der Waals surface area contributed by atoms with Crippen LogP contribution >= 0.6 is 11.3 Å². The van der Waals surface area contributed by atoms with Gasteiger partial charge in [-0.15, -0.1) is 11.3 Å². The number of benzene rings is 2. The first kappa shape index (κ1) is 16.8. The van der Waals surface area contributed by atoms with Crippen molar-refractivity contribution in [2.45, 2.75) is 17.9 Å². The topological polar surface area (TPSA) is 46.2 Å². The summed E-state index contributed by atoms with van der Waals surface area (Å²) in [5.41, 5.74) is 1.93. The van der Waals surface area contributed by atoms with Crippen LogP contribution in [0.4, 0.5) is 4.39 Å². The van der Waals surface area contributed by atoms with Crippen LogP contribution in [0.1, 0.15) is 22.0 Å². The molecule has 0 spiro atoms. The highest BCUT2D eigenvalue weighted by atomic mass is 32.2. The average molecular weight is 361 g/mol. The smallest absolute Gasteiger partial charge is 0.207 e. The molecule has 3 aromatic rings. The quantitative estimate of drug-likeness (QED) is 0.738. The van der Waals surface area contributed by atoms with E-state index in [9.17, 15) is 12.8 Å². The van der Waals surface area contributed by atoms with Crippen molar-refractivity contribution in [1.29, 1.82) is 0 Å². The summed E-state index contributed by atoms with van der Waals surface area (Å²) in [6.07, 6.45) is 0. The van der Waals surface area contributed by atoms with Crippen LogP contribution in [0.15, 0.2) is 70.9 Å². The standard InChI is InChI=1S/C18H16FNO2S2/c1-13-7-9-14(10-8-13)18(17-6-3-11-23-17)20-24(21,22)16-5-2-4-15(19)12-16/h2-12,18,20H,1H3. The van der Waals surface area contributed by atoms with Gasteiger partial charge in [-0.2, -0.15) is 4.72 Å². The highest BCUT2D eigenvalue weighted by Crippen LogP contribution is 2.28. The summed E-state index contributed by atoms with van der Waals surface area (Å²) in [4.78, 5) is 0.787. The van der Waals surface area contributed by atoms with E-state index in [1.807, 2.05) is 48.7 Å². The molecule has 2 aromatic carbocycles. The summed E-state index contributed by atoms with van der Waals surface area (Å²) in [5, 5.41) is 1.90. The minimum absolute atomic E-state index is 0.0869. The molecule has 1 atom stereocenters. The second-order valence-corrected chi connectivity index (χ2v) is 8.13. The molecule has 3 rings (SSSR count). The van der Waals surface area contributed by atoms with Gasteiger partial charge in [-0.05, 0) is 42.1 Å². The number of rotatable bonds is 5. The van der Waals surface area contributed by atoms with Crippen molar-refractivity contribution in [2.75, 3.05) is 0 Å². The van der Waals surface area contributed by atoms with Gasteiger partial charge in [0.2, 0.25) is 10.0 Å². The van der Waals surface area contributed by atoms with Gasteiger partial charge in [0, 0.05) is 4.88 Å². The number of hydrogen-bond acceptors (Lipinski definition) is 3. The maximum Gasteiger partial charge on any atom is 0.241 e. The number of sulfonamides is 1. The van der Waals surface area contributed by atoms with E-state index in [0.717, 1.165) is 22.1 Å². The molecular formula is C18H16FNO2S2. The first-order chi connectivity index (χ1) is 11.5. The van der Waals surface area contributed by atoms with Crippen LogP contribution in [0.3, 0.4) is 0 Å². The fraction of sp³-hybridized carbons (Fsp3) is 0.111. The molecule has 1 heterocycles. The molecule has 0 bridgehead atoms. The van der Waals surface area contributed by atoms with Gasteiger partial charge in [0.05, 0.1) is 10.9 Å². The Balaban J connectivity index is 1.99. The van der Waals surface area contributed by atoms with Gasteiger partial charge in [-0.1, -0.05) is 42.0 Å². The number of nitrogens with one attached hydrogen (secondary N) is 1. The third-order valence-electron chi connectivity index (χ3n) is 3.62. The van der Waals surface area contributed by atoms with Crippen molar-refractivity contribution in [3.05, 3.63) is 87.9 Å². The van der Waals surface area contributed by atoms with Gasteiger partial charge in [-0.3, -0.25) is 0 Å². The largest absolute Gasteiger partial charge is 0.241 e. The monoisotopic (exact) mass is 361 g/mol. The first-order valence-electron chi connectivity index (χ1n) is 7.33. The Morgan fingerprint density at radius 3 is 2.42 bits per heavy atom. The van der Waals surface area contributed by atoms with Crippen molar-refractivity contribution < 1.29 is 12.8 Å². The number of aryl methyl sites for hydroxylation is 1. The van der Waals surface area contributed by atoms with Gasteiger partial charge in [0.15, 0.2) is 0 Å². The summed E-state index contributed by atoms with van der Waals surface area (Å²) in [6, 6.07) is 15.9. The molecule has 1 unspecified atom stereocenters. The summed E-state index contributed by atoms with van der Waals surface area (Å²) >= 11 is 1.47. The Morgan fingerprint density at radius 2 is 1.79 bits per heavy atom. The van der Waals surface area contributed by atoms with Crippen LogP contribution in [-0.4, -0.2) is 8.42 Å². The Bertz CT molecular complexity index is 920. The van der Waals surface area contributed by atoms with Crippen LogP contribution in [0.5, 0.6) is 0 Å². The SMILES string of the molecule is Cc1ccc(C(NS(=O)(=O)c2cccc(F)c2)c2cccs2)cc1. The minimum atomic E-state index is -3.85. The van der Waals surface area contributed by atoms with E-state index < -0.39 is 21.9 Å². The molecule has 0 aliphatic rings. The maximum absolute atomic E-state index is 13.4. The summed E-state index contributed by atoms with van der Waals surface area (Å²) in [7, 11) is -3.85. The van der Waals surface area contributed by atoms with E-state index in [1.165, 1.54) is 29.5 Å². The van der Waals surface area contributed by atoms with Crippen LogP contribution in [0.25, 0.3) is 0 Å². The van der Waals surface area contributed by atoms with Crippen LogP contribution in [-0.2, 0) is 10.0 Å². The van der Waals surface area contributed by atoms with Crippen molar-refractivity contribution in [1.82, 2.24) is 4.72 Å². The highest BCUT2D eigenvalue weighted by molar-refractivity contribution is 7.89. The van der Waals surface area contributed by atoms with Gasteiger partial charge in [0.1, 0.15) is 5.82 Å². The second-order valence-electron chi connectivity index (χ2n) is 5.44. The molecule has 6 heteroatoms. The average Bonchev–Trinajstić information content (AvgIpc) is 3.08. The predicted octanol–water partition coefficient (Wildman–Crippen LogP) is 4.26.